The van der Waals surface area contributed by atoms with E-state index >= 15 is 0 Å². The molecular weight excluding hydrogens is 410 g/mol. The first kappa shape index (κ1) is 21.1. The van der Waals surface area contributed by atoms with Gasteiger partial charge in [-0.1, -0.05) is 13.0 Å². The second-order valence-corrected chi connectivity index (χ2v) is 6.96. The van der Waals surface area contributed by atoms with Crippen LogP contribution in [0.15, 0.2) is 48.7 Å². The molecule has 0 aliphatic heterocycles. The van der Waals surface area contributed by atoms with Crippen molar-refractivity contribution in [1.82, 2.24) is 20.2 Å². The van der Waals surface area contributed by atoms with E-state index in [-0.39, 0.29) is 12.3 Å². The number of rotatable bonds is 8. The highest BCUT2D eigenvalue weighted by molar-refractivity contribution is 5.91. The Morgan fingerprint density at radius 1 is 1.06 bits per heavy atom. The van der Waals surface area contributed by atoms with Gasteiger partial charge in [0.2, 0.25) is 11.8 Å². The number of aryl methyl sites for hydroxylation is 1. The fourth-order valence-corrected chi connectivity index (χ4v) is 3.21. The van der Waals surface area contributed by atoms with Crippen molar-refractivity contribution in [3.05, 3.63) is 59.9 Å². The number of methoxy groups -OCH3 is 2. The molecule has 32 heavy (non-hydrogen) atoms. The first-order valence-corrected chi connectivity index (χ1v) is 10.1. The predicted molar refractivity (Wildman–Crippen MR) is 119 cm³/mol. The van der Waals surface area contributed by atoms with E-state index in [9.17, 15) is 4.79 Å². The Morgan fingerprint density at radius 3 is 2.69 bits per heavy atom. The Hall–Kier alpha value is -4.14. The average Bonchev–Trinajstić information content (AvgIpc) is 3.27. The number of nitrogens with one attached hydrogen (secondary N) is 2. The zero-order valence-electron chi connectivity index (χ0n) is 18.0. The van der Waals surface area contributed by atoms with E-state index < -0.39 is 0 Å². The van der Waals surface area contributed by atoms with Gasteiger partial charge in [-0.25, -0.2) is 4.98 Å². The van der Waals surface area contributed by atoms with Crippen LogP contribution in [-0.4, -0.2) is 40.3 Å². The molecule has 0 aliphatic rings. The number of ether oxygens (including phenoxy) is 3. The molecule has 0 spiro atoms. The Labute approximate surface area is 184 Å². The van der Waals surface area contributed by atoms with E-state index in [1.807, 2.05) is 19.1 Å². The molecule has 0 saturated carbocycles. The highest BCUT2D eigenvalue weighted by atomic mass is 16.5. The number of pyridine rings is 2. The van der Waals surface area contributed by atoms with E-state index in [4.69, 9.17) is 14.2 Å². The van der Waals surface area contributed by atoms with Crippen molar-refractivity contribution >= 4 is 22.8 Å². The fourth-order valence-electron chi connectivity index (χ4n) is 3.21. The molecular formula is C23H23N5O4. The van der Waals surface area contributed by atoms with Crippen LogP contribution in [0, 0.1) is 0 Å². The molecule has 0 unspecified atom stereocenters. The molecule has 1 amide bonds. The van der Waals surface area contributed by atoms with E-state index in [1.165, 1.54) is 0 Å². The maximum Gasteiger partial charge on any atom is 0.230 e. The number of aromatic amines is 1. The summed E-state index contributed by atoms with van der Waals surface area (Å²) in [4.78, 5) is 21.2. The Kier molecular flexibility index (Phi) is 6.16. The van der Waals surface area contributed by atoms with Gasteiger partial charge in [0.1, 0.15) is 17.0 Å². The van der Waals surface area contributed by atoms with Crippen LogP contribution in [0.25, 0.3) is 11.0 Å². The summed E-state index contributed by atoms with van der Waals surface area (Å²) in [5.74, 6) is 2.39. The third-order valence-electron chi connectivity index (χ3n) is 4.85. The Morgan fingerprint density at radius 2 is 1.94 bits per heavy atom. The summed E-state index contributed by atoms with van der Waals surface area (Å²) in [6.45, 7) is 2.01. The van der Waals surface area contributed by atoms with Crippen LogP contribution < -0.4 is 19.5 Å². The number of carbonyl (C=O) groups is 1. The zero-order chi connectivity index (χ0) is 22.5. The number of benzene rings is 1. The lowest BCUT2D eigenvalue weighted by atomic mass is 10.1. The fraction of sp³-hybridized carbons (Fsp3) is 0.217. The molecule has 3 heterocycles. The lowest BCUT2D eigenvalue weighted by Crippen LogP contribution is -2.15. The normalized spacial score (nSPS) is 10.7. The van der Waals surface area contributed by atoms with Gasteiger partial charge in [-0.05, 0) is 18.6 Å². The minimum absolute atomic E-state index is 0.134. The van der Waals surface area contributed by atoms with Gasteiger partial charge in [-0.2, -0.15) is 5.10 Å². The van der Waals surface area contributed by atoms with E-state index in [0.717, 1.165) is 17.7 Å². The van der Waals surface area contributed by atoms with Crippen LogP contribution in [0.2, 0.25) is 0 Å². The van der Waals surface area contributed by atoms with Gasteiger partial charge in [0.15, 0.2) is 11.6 Å². The standard InChI is InChI=1S/C23H23N5O4/c1-4-15-12-20(28-27-15)25-21(29)11-14-5-6-16(13-19(14)30-2)32-18-9-10-24-17-7-8-22(31-3)26-23(17)18/h5-10,12-13H,4,11H2,1-3H3,(H2,25,27,28,29). The van der Waals surface area contributed by atoms with Gasteiger partial charge in [0, 0.05) is 41.7 Å². The van der Waals surface area contributed by atoms with E-state index in [0.29, 0.717) is 40.0 Å². The van der Waals surface area contributed by atoms with E-state index in [2.05, 4.69) is 25.5 Å². The second kappa shape index (κ2) is 9.34. The van der Waals surface area contributed by atoms with Crippen molar-refractivity contribution in [1.29, 1.82) is 0 Å². The zero-order valence-corrected chi connectivity index (χ0v) is 18.0. The molecule has 0 fully saturated rings. The van der Waals surface area contributed by atoms with Gasteiger partial charge < -0.3 is 19.5 Å². The quantitative estimate of drug-likeness (QED) is 0.433. The van der Waals surface area contributed by atoms with Crippen LogP contribution in [0.3, 0.4) is 0 Å². The molecule has 9 nitrogen and oxygen atoms in total. The molecule has 4 rings (SSSR count). The summed E-state index contributed by atoms with van der Waals surface area (Å²) in [6, 6.07) is 12.4. The number of carbonyl (C=O) groups excluding carboxylic acids is 1. The lowest BCUT2D eigenvalue weighted by molar-refractivity contribution is -0.115. The molecule has 1 aromatic carbocycles. The smallest absolute Gasteiger partial charge is 0.230 e. The van der Waals surface area contributed by atoms with Gasteiger partial charge >= 0.3 is 0 Å². The van der Waals surface area contributed by atoms with Crippen molar-refractivity contribution < 1.29 is 19.0 Å². The number of hydrogen-bond acceptors (Lipinski definition) is 7. The Balaban J connectivity index is 1.52. The van der Waals surface area contributed by atoms with Gasteiger partial charge in [0.25, 0.3) is 0 Å². The molecule has 164 valence electrons. The van der Waals surface area contributed by atoms with Crippen molar-refractivity contribution in [2.24, 2.45) is 0 Å². The summed E-state index contributed by atoms with van der Waals surface area (Å²) in [5, 5.41) is 9.74. The third-order valence-corrected chi connectivity index (χ3v) is 4.85. The summed E-state index contributed by atoms with van der Waals surface area (Å²) in [7, 11) is 3.11. The molecule has 0 atom stereocenters. The van der Waals surface area contributed by atoms with E-state index in [1.54, 1.807) is 50.7 Å². The molecule has 9 heteroatoms. The first-order valence-electron chi connectivity index (χ1n) is 10.1. The molecule has 0 bridgehead atoms. The molecule has 0 aliphatic carbocycles. The molecule has 2 N–H and O–H groups in total. The summed E-state index contributed by atoms with van der Waals surface area (Å²) >= 11 is 0. The topological polar surface area (TPSA) is 111 Å². The first-order chi connectivity index (χ1) is 15.6. The van der Waals surface area contributed by atoms with Crippen LogP contribution in [-0.2, 0) is 17.6 Å². The highest BCUT2D eigenvalue weighted by Crippen LogP contribution is 2.32. The van der Waals surface area contributed by atoms with Gasteiger partial charge in [0.05, 0.1) is 26.2 Å². The monoisotopic (exact) mass is 433 g/mol. The van der Waals surface area contributed by atoms with Crippen LogP contribution in [0.1, 0.15) is 18.2 Å². The SMILES string of the molecule is CCc1cc(NC(=O)Cc2ccc(Oc3ccnc4ccc(OC)nc34)cc2OC)n[nH]1. The average molecular weight is 433 g/mol. The van der Waals surface area contributed by atoms with Crippen molar-refractivity contribution in [2.75, 3.05) is 19.5 Å². The molecule has 0 radical (unpaired) electrons. The lowest BCUT2D eigenvalue weighted by Gasteiger charge is -2.12. The highest BCUT2D eigenvalue weighted by Gasteiger charge is 2.13. The number of amides is 1. The molecule has 3 aromatic heterocycles. The number of aromatic nitrogens is 4. The van der Waals surface area contributed by atoms with Crippen LogP contribution in [0.5, 0.6) is 23.1 Å². The third kappa shape index (κ3) is 4.61. The number of nitrogens with zero attached hydrogens (tertiary/aromatic N) is 3. The summed E-state index contributed by atoms with van der Waals surface area (Å²) in [6.07, 6.45) is 2.60. The van der Waals surface area contributed by atoms with Crippen molar-refractivity contribution in [2.45, 2.75) is 19.8 Å². The largest absolute Gasteiger partial charge is 0.496 e. The van der Waals surface area contributed by atoms with Crippen molar-refractivity contribution in [3.8, 4) is 23.1 Å². The summed E-state index contributed by atoms with van der Waals surface area (Å²) in [5.41, 5.74) is 2.95. The van der Waals surface area contributed by atoms with Crippen LogP contribution >= 0.6 is 0 Å². The van der Waals surface area contributed by atoms with Gasteiger partial charge in [-0.15, -0.1) is 0 Å². The molecule has 0 saturated heterocycles. The number of hydrogen-bond donors (Lipinski definition) is 2. The van der Waals surface area contributed by atoms with Crippen molar-refractivity contribution in [3.63, 3.8) is 0 Å². The predicted octanol–water partition coefficient (Wildman–Crippen LogP) is 3.91. The number of fused-ring (bicyclic) bond motifs is 1. The molecule has 4 aromatic rings. The van der Waals surface area contributed by atoms with Gasteiger partial charge in [-0.3, -0.25) is 14.9 Å². The van der Waals surface area contributed by atoms with Crippen LogP contribution in [0.4, 0.5) is 5.82 Å². The summed E-state index contributed by atoms with van der Waals surface area (Å²) < 4.78 is 16.8. The maximum atomic E-state index is 12.5. The Bertz CT molecular complexity index is 1250. The minimum Gasteiger partial charge on any atom is -0.496 e. The maximum absolute atomic E-state index is 12.5. The number of anilines is 1. The minimum atomic E-state index is -0.192. The second-order valence-electron chi connectivity index (χ2n) is 6.96. The number of H-pyrrole nitrogens is 1.